The van der Waals surface area contributed by atoms with Gasteiger partial charge in [0.2, 0.25) is 5.91 Å². The van der Waals surface area contributed by atoms with E-state index in [2.05, 4.69) is 24.6 Å². The van der Waals surface area contributed by atoms with Crippen molar-refractivity contribution in [3.8, 4) is 6.01 Å². The van der Waals surface area contributed by atoms with E-state index in [-0.39, 0.29) is 23.7 Å². The second-order valence-corrected chi connectivity index (χ2v) is 9.19. The topological polar surface area (TPSA) is 76.4 Å². The fraction of sp³-hybridized carbons (Fsp3) is 0.520. The highest BCUT2D eigenvalue weighted by molar-refractivity contribution is 5.79. The summed E-state index contributed by atoms with van der Waals surface area (Å²) in [5, 5.41) is 7.78. The van der Waals surface area contributed by atoms with Crippen LogP contribution in [0.15, 0.2) is 36.7 Å². The molecule has 4 heterocycles. The lowest BCUT2D eigenvalue weighted by atomic mass is 9.93. The van der Waals surface area contributed by atoms with Crippen LogP contribution in [0.1, 0.15) is 44.2 Å². The molecule has 0 radical (unpaired) electrons. The molecule has 2 saturated heterocycles. The Morgan fingerprint density at radius 1 is 1.09 bits per heavy atom. The first kappa shape index (κ1) is 22.7. The van der Waals surface area contributed by atoms with E-state index in [0.29, 0.717) is 18.1 Å². The second-order valence-electron chi connectivity index (χ2n) is 9.19. The predicted molar refractivity (Wildman–Crippen MR) is 126 cm³/mol. The molecule has 2 fully saturated rings. The van der Waals surface area contributed by atoms with Crippen molar-refractivity contribution < 1.29 is 13.9 Å². The molecule has 5 rings (SSSR count). The van der Waals surface area contributed by atoms with E-state index < -0.39 is 0 Å². The minimum Gasteiger partial charge on any atom is -0.465 e. The molecule has 3 aromatic rings. The van der Waals surface area contributed by atoms with Crippen LogP contribution in [0, 0.1) is 11.7 Å². The fourth-order valence-electron chi connectivity index (χ4n) is 5.24. The number of benzene rings is 1. The highest BCUT2D eigenvalue weighted by Gasteiger charge is 2.32. The van der Waals surface area contributed by atoms with Crippen LogP contribution in [-0.2, 0) is 11.3 Å². The molecule has 0 N–H and O–H groups in total. The van der Waals surface area contributed by atoms with Gasteiger partial charge in [0.05, 0.1) is 23.8 Å². The zero-order valence-corrected chi connectivity index (χ0v) is 19.6. The highest BCUT2D eigenvalue weighted by atomic mass is 19.1. The van der Waals surface area contributed by atoms with E-state index in [1.54, 1.807) is 18.5 Å². The lowest BCUT2D eigenvalue weighted by Gasteiger charge is -2.37. The molecule has 9 heteroatoms. The maximum Gasteiger partial charge on any atom is 0.297 e. The Bertz CT molecular complexity index is 1120. The summed E-state index contributed by atoms with van der Waals surface area (Å²) >= 11 is 0. The van der Waals surface area contributed by atoms with Gasteiger partial charge in [-0.2, -0.15) is 15.2 Å². The Hall–Kier alpha value is -3.07. The summed E-state index contributed by atoms with van der Waals surface area (Å²) in [6.07, 6.45) is 6.98. The van der Waals surface area contributed by atoms with Gasteiger partial charge in [-0.15, -0.1) is 0 Å². The van der Waals surface area contributed by atoms with Crippen LogP contribution >= 0.6 is 0 Å². The van der Waals surface area contributed by atoms with Crippen LogP contribution in [0.3, 0.4) is 0 Å². The van der Waals surface area contributed by atoms with Gasteiger partial charge in [-0.05, 0) is 69.5 Å². The molecule has 1 aromatic carbocycles. The zero-order chi connectivity index (χ0) is 23.5. The molecule has 2 aliphatic rings. The SMILES string of the molecule is CCOc1nc2cc(F)ccc2n1C1CCN(C(=O)C2CCN(Cc3ccnnc3)CC2)CC1. The number of piperidine rings is 2. The van der Waals surface area contributed by atoms with Crippen molar-refractivity contribution in [1.82, 2.24) is 29.5 Å². The molecule has 0 aliphatic carbocycles. The number of imidazole rings is 1. The smallest absolute Gasteiger partial charge is 0.297 e. The van der Waals surface area contributed by atoms with E-state index in [1.165, 1.54) is 12.1 Å². The number of carbonyl (C=O) groups is 1. The van der Waals surface area contributed by atoms with Crippen LogP contribution in [0.25, 0.3) is 11.0 Å². The summed E-state index contributed by atoms with van der Waals surface area (Å²) in [4.78, 5) is 22.2. The van der Waals surface area contributed by atoms with Crippen molar-refractivity contribution >= 4 is 16.9 Å². The van der Waals surface area contributed by atoms with Crippen molar-refractivity contribution in [3.05, 3.63) is 48.0 Å². The quantitative estimate of drug-likeness (QED) is 0.554. The molecule has 8 nitrogen and oxygen atoms in total. The molecule has 1 amide bonds. The van der Waals surface area contributed by atoms with Gasteiger partial charge in [-0.25, -0.2) is 4.39 Å². The largest absolute Gasteiger partial charge is 0.465 e. The van der Waals surface area contributed by atoms with Crippen LogP contribution in [0.2, 0.25) is 0 Å². The molecule has 0 saturated carbocycles. The van der Waals surface area contributed by atoms with Crippen molar-refractivity contribution in [3.63, 3.8) is 0 Å². The average molecular weight is 467 g/mol. The molecule has 0 spiro atoms. The molecule has 180 valence electrons. The van der Waals surface area contributed by atoms with Gasteiger partial charge in [0.1, 0.15) is 5.82 Å². The first-order valence-corrected chi connectivity index (χ1v) is 12.2. The fourth-order valence-corrected chi connectivity index (χ4v) is 5.24. The number of nitrogens with zero attached hydrogens (tertiary/aromatic N) is 6. The molecular formula is C25H31FN6O2. The van der Waals surface area contributed by atoms with Crippen LogP contribution in [-0.4, -0.2) is 68.2 Å². The molecule has 0 atom stereocenters. The minimum absolute atomic E-state index is 0.0967. The Balaban J connectivity index is 1.18. The first-order valence-electron chi connectivity index (χ1n) is 12.2. The first-order chi connectivity index (χ1) is 16.6. The van der Waals surface area contributed by atoms with Gasteiger partial charge in [0.15, 0.2) is 0 Å². The Morgan fingerprint density at radius 3 is 2.59 bits per heavy atom. The van der Waals surface area contributed by atoms with Crippen LogP contribution < -0.4 is 4.74 Å². The maximum absolute atomic E-state index is 13.7. The molecule has 0 unspecified atom stereocenters. The lowest BCUT2D eigenvalue weighted by Crippen LogP contribution is -2.45. The summed E-state index contributed by atoms with van der Waals surface area (Å²) < 4.78 is 21.6. The third-order valence-electron chi connectivity index (χ3n) is 7.02. The van der Waals surface area contributed by atoms with E-state index >= 15 is 0 Å². The Morgan fingerprint density at radius 2 is 1.88 bits per heavy atom. The number of amides is 1. The third kappa shape index (κ3) is 4.75. The van der Waals surface area contributed by atoms with Gasteiger partial charge in [0, 0.05) is 43.9 Å². The number of halogens is 1. The molecule has 2 aromatic heterocycles. The summed E-state index contributed by atoms with van der Waals surface area (Å²) in [5.74, 6) is 0.0785. The molecule has 2 aliphatic heterocycles. The normalized spacial score (nSPS) is 18.5. The van der Waals surface area contributed by atoms with Crippen molar-refractivity contribution in [2.24, 2.45) is 5.92 Å². The number of fused-ring (bicyclic) bond motifs is 1. The van der Waals surface area contributed by atoms with Gasteiger partial charge >= 0.3 is 0 Å². The predicted octanol–water partition coefficient (Wildman–Crippen LogP) is 3.44. The number of aromatic nitrogens is 4. The van der Waals surface area contributed by atoms with Gasteiger partial charge < -0.3 is 9.64 Å². The molecule has 0 bridgehead atoms. The molecular weight excluding hydrogens is 435 g/mol. The van der Waals surface area contributed by atoms with E-state index in [4.69, 9.17) is 4.74 Å². The summed E-state index contributed by atoms with van der Waals surface area (Å²) in [7, 11) is 0. The van der Waals surface area contributed by atoms with Gasteiger partial charge in [0.25, 0.3) is 6.01 Å². The summed E-state index contributed by atoms with van der Waals surface area (Å²) in [6, 6.07) is 7.39. The Kier molecular flexibility index (Phi) is 6.71. The Labute approximate surface area is 198 Å². The van der Waals surface area contributed by atoms with Crippen LogP contribution in [0.5, 0.6) is 6.01 Å². The minimum atomic E-state index is -0.302. The van der Waals surface area contributed by atoms with Crippen molar-refractivity contribution in [1.29, 1.82) is 0 Å². The number of likely N-dealkylation sites (tertiary alicyclic amines) is 2. The number of rotatable bonds is 6. The number of ether oxygens (including phenoxy) is 1. The highest BCUT2D eigenvalue weighted by Crippen LogP contribution is 2.33. The van der Waals surface area contributed by atoms with Crippen molar-refractivity contribution in [2.75, 3.05) is 32.8 Å². The van der Waals surface area contributed by atoms with Gasteiger partial charge in [-0.1, -0.05) is 0 Å². The second kappa shape index (κ2) is 10.0. The standard InChI is InChI=1S/C25H31FN6O2/c1-2-34-25-29-22-15-20(26)3-4-23(22)32(25)21-8-13-31(14-9-21)24(33)19-6-11-30(12-7-19)17-18-5-10-27-28-16-18/h3-5,10,15-16,19,21H,2,6-9,11-14,17H2,1H3. The number of hydrogen-bond donors (Lipinski definition) is 0. The zero-order valence-electron chi connectivity index (χ0n) is 19.6. The van der Waals surface area contributed by atoms with E-state index in [0.717, 1.165) is 69.5 Å². The average Bonchev–Trinajstić information content (AvgIpc) is 3.22. The van der Waals surface area contributed by atoms with E-state index in [9.17, 15) is 9.18 Å². The number of hydrogen-bond acceptors (Lipinski definition) is 6. The maximum atomic E-state index is 13.7. The third-order valence-corrected chi connectivity index (χ3v) is 7.02. The summed E-state index contributed by atoms with van der Waals surface area (Å²) in [5.41, 5.74) is 2.64. The van der Waals surface area contributed by atoms with Crippen molar-refractivity contribution in [2.45, 2.75) is 45.2 Å². The summed E-state index contributed by atoms with van der Waals surface area (Å²) in [6.45, 7) is 6.56. The molecule has 34 heavy (non-hydrogen) atoms. The van der Waals surface area contributed by atoms with E-state index in [1.807, 2.05) is 17.9 Å². The number of carbonyl (C=O) groups excluding carboxylic acids is 1. The monoisotopic (exact) mass is 466 g/mol. The lowest BCUT2D eigenvalue weighted by molar-refractivity contribution is -0.138. The van der Waals surface area contributed by atoms with Crippen LogP contribution in [0.4, 0.5) is 4.39 Å². The van der Waals surface area contributed by atoms with Gasteiger partial charge in [-0.3, -0.25) is 14.3 Å².